The molecule has 3 rings (SSSR count). The van der Waals surface area contributed by atoms with Gasteiger partial charge in [-0.25, -0.2) is 4.79 Å². The molecule has 0 saturated carbocycles. The Balaban J connectivity index is 2.09. The lowest BCUT2D eigenvalue weighted by atomic mass is 10.2. The first-order chi connectivity index (χ1) is 12.0. The molecular weight excluding hydrogens is 375 g/mol. The number of rotatable bonds is 5. The van der Waals surface area contributed by atoms with Gasteiger partial charge in [-0.2, -0.15) is 0 Å². The minimum atomic E-state index is -0.0885. The molecule has 0 spiro atoms. The Morgan fingerprint density at radius 1 is 1.12 bits per heavy atom. The molecule has 1 aromatic heterocycles. The summed E-state index contributed by atoms with van der Waals surface area (Å²) in [6.45, 7) is 4.34. The summed E-state index contributed by atoms with van der Waals surface area (Å²) in [5.74, 6) is 0. The molecule has 0 saturated heterocycles. The lowest BCUT2D eigenvalue weighted by Gasteiger charge is -2.09. The molecule has 0 unspecified atom stereocenters. The maximum absolute atomic E-state index is 12.7. The molecule has 0 radical (unpaired) electrons. The topological polar surface area (TPSA) is 26.9 Å². The van der Waals surface area contributed by atoms with Crippen LogP contribution in [0, 0.1) is 0 Å². The second kappa shape index (κ2) is 7.56. The van der Waals surface area contributed by atoms with Crippen molar-refractivity contribution >= 4 is 41.0 Å². The zero-order valence-electron chi connectivity index (χ0n) is 13.6. The lowest BCUT2D eigenvalue weighted by molar-refractivity contribution is 0.679. The largest absolute Gasteiger partial charge is 0.329 e. The Labute approximate surface area is 160 Å². The van der Waals surface area contributed by atoms with Crippen LogP contribution in [0.5, 0.6) is 0 Å². The Morgan fingerprint density at radius 3 is 2.36 bits per heavy atom. The monoisotopic (exact) mass is 390 g/mol. The minimum absolute atomic E-state index is 0.0885. The maximum Gasteiger partial charge on any atom is 0.329 e. The van der Waals surface area contributed by atoms with E-state index in [1.54, 1.807) is 28.3 Å². The summed E-state index contributed by atoms with van der Waals surface area (Å²) >= 11 is 13.7. The van der Waals surface area contributed by atoms with E-state index in [0.717, 1.165) is 21.2 Å². The molecule has 3 nitrogen and oxygen atoms in total. The van der Waals surface area contributed by atoms with Crippen LogP contribution in [0.25, 0.3) is 6.08 Å². The third kappa shape index (κ3) is 3.87. The van der Waals surface area contributed by atoms with E-state index in [2.05, 4.69) is 6.58 Å². The lowest BCUT2D eigenvalue weighted by Crippen LogP contribution is -2.23. The highest BCUT2D eigenvalue weighted by atomic mass is 35.5. The number of hydrogen-bond acceptors (Lipinski definition) is 2. The summed E-state index contributed by atoms with van der Waals surface area (Å²) in [6.07, 6.45) is 1.69. The molecule has 25 heavy (non-hydrogen) atoms. The summed E-state index contributed by atoms with van der Waals surface area (Å²) in [4.78, 5) is 13.6. The molecule has 6 heteroatoms. The number of hydrogen-bond donors (Lipinski definition) is 0. The highest BCUT2D eigenvalue weighted by Gasteiger charge is 2.17. The fourth-order valence-electron chi connectivity index (χ4n) is 2.59. The Morgan fingerprint density at radius 2 is 1.76 bits per heavy atom. The van der Waals surface area contributed by atoms with Crippen molar-refractivity contribution in [3.8, 4) is 0 Å². The van der Waals surface area contributed by atoms with Crippen molar-refractivity contribution in [2.24, 2.45) is 7.05 Å². The molecule has 0 N–H and O–H groups in total. The molecule has 0 aliphatic heterocycles. The van der Waals surface area contributed by atoms with Gasteiger partial charge in [0, 0.05) is 22.0 Å². The molecule has 2 aromatic carbocycles. The zero-order valence-corrected chi connectivity index (χ0v) is 15.9. The molecule has 0 aliphatic carbocycles. The van der Waals surface area contributed by atoms with Gasteiger partial charge in [-0.3, -0.25) is 9.13 Å². The van der Waals surface area contributed by atoms with E-state index < -0.39 is 0 Å². The molecule has 0 atom stereocenters. The summed E-state index contributed by atoms with van der Waals surface area (Å²) in [5, 5.41) is 1.93. The van der Waals surface area contributed by atoms with Gasteiger partial charge in [0.15, 0.2) is 0 Å². The van der Waals surface area contributed by atoms with Gasteiger partial charge in [0.05, 0.1) is 12.2 Å². The maximum atomic E-state index is 12.7. The van der Waals surface area contributed by atoms with E-state index in [1.165, 1.54) is 11.8 Å². The third-order valence-electron chi connectivity index (χ3n) is 3.77. The van der Waals surface area contributed by atoms with Gasteiger partial charge in [0.25, 0.3) is 0 Å². The van der Waals surface area contributed by atoms with E-state index in [-0.39, 0.29) is 5.69 Å². The van der Waals surface area contributed by atoms with E-state index >= 15 is 0 Å². The van der Waals surface area contributed by atoms with Gasteiger partial charge >= 0.3 is 5.69 Å². The Hall–Kier alpha value is -1.88. The van der Waals surface area contributed by atoms with Crippen LogP contribution in [0.3, 0.4) is 0 Å². The van der Waals surface area contributed by atoms with Crippen molar-refractivity contribution < 1.29 is 0 Å². The number of aromatic nitrogens is 2. The van der Waals surface area contributed by atoms with Crippen molar-refractivity contribution in [3.63, 3.8) is 0 Å². The van der Waals surface area contributed by atoms with Gasteiger partial charge in [-0.15, -0.1) is 0 Å². The standard InChI is InChI=1S/C19H16Cl2N2OS/c1-3-17-18(25-16-10-14(20)9-15(21)11-16)23(19(24)22(17)2)12-13-7-5-4-6-8-13/h3-11H,1,12H2,2H3. The predicted octanol–water partition coefficient (Wildman–Crippen LogP) is 5.34. The van der Waals surface area contributed by atoms with Gasteiger partial charge in [-0.1, -0.05) is 71.9 Å². The smallest absolute Gasteiger partial charge is 0.294 e. The SMILES string of the molecule is C=Cc1c(Sc2cc(Cl)cc(Cl)c2)n(Cc2ccccc2)c(=O)n1C. The first-order valence-electron chi connectivity index (χ1n) is 7.59. The van der Waals surface area contributed by atoms with Crippen molar-refractivity contribution in [2.45, 2.75) is 16.5 Å². The second-order valence-corrected chi connectivity index (χ2v) is 7.45. The van der Waals surface area contributed by atoms with E-state index in [0.29, 0.717) is 16.6 Å². The summed E-state index contributed by atoms with van der Waals surface area (Å²) in [7, 11) is 1.75. The molecule has 3 aromatic rings. The molecule has 0 amide bonds. The molecule has 128 valence electrons. The van der Waals surface area contributed by atoms with E-state index in [1.807, 2.05) is 42.5 Å². The van der Waals surface area contributed by atoms with Crippen LogP contribution in [0.4, 0.5) is 0 Å². The number of nitrogens with zero attached hydrogens (tertiary/aromatic N) is 2. The van der Waals surface area contributed by atoms with E-state index in [4.69, 9.17) is 23.2 Å². The van der Waals surface area contributed by atoms with Crippen molar-refractivity contribution in [3.05, 3.63) is 86.9 Å². The van der Waals surface area contributed by atoms with Crippen molar-refractivity contribution in [1.82, 2.24) is 9.13 Å². The van der Waals surface area contributed by atoms with Crippen molar-refractivity contribution in [1.29, 1.82) is 0 Å². The number of benzene rings is 2. The van der Waals surface area contributed by atoms with Crippen LogP contribution in [0.15, 0.2) is 69.8 Å². The van der Waals surface area contributed by atoms with E-state index in [9.17, 15) is 4.79 Å². The van der Waals surface area contributed by atoms with Crippen LogP contribution in [0.2, 0.25) is 10.0 Å². The average molecular weight is 391 g/mol. The molecule has 0 aliphatic rings. The first kappa shape index (κ1) is 17.9. The van der Waals surface area contributed by atoms with Crippen LogP contribution in [-0.2, 0) is 13.6 Å². The quantitative estimate of drug-likeness (QED) is 0.587. The molecule has 1 heterocycles. The minimum Gasteiger partial charge on any atom is -0.294 e. The Bertz CT molecular complexity index is 957. The first-order valence-corrected chi connectivity index (χ1v) is 9.16. The summed E-state index contributed by atoms with van der Waals surface area (Å²) in [5.41, 5.74) is 1.73. The zero-order chi connectivity index (χ0) is 18.0. The molecule has 0 bridgehead atoms. The second-order valence-electron chi connectivity index (χ2n) is 5.52. The normalized spacial score (nSPS) is 10.8. The summed E-state index contributed by atoms with van der Waals surface area (Å²) < 4.78 is 3.34. The number of imidazole rings is 1. The highest BCUT2D eigenvalue weighted by Crippen LogP contribution is 2.34. The van der Waals surface area contributed by atoms with Crippen LogP contribution < -0.4 is 5.69 Å². The van der Waals surface area contributed by atoms with Gasteiger partial charge in [-0.05, 0) is 29.8 Å². The van der Waals surface area contributed by atoms with Crippen LogP contribution >= 0.6 is 35.0 Å². The number of halogens is 2. The van der Waals surface area contributed by atoms with Crippen LogP contribution in [0.1, 0.15) is 11.3 Å². The third-order valence-corrected chi connectivity index (χ3v) is 5.30. The Kier molecular flexibility index (Phi) is 5.42. The fraction of sp³-hybridized carbons (Fsp3) is 0.105. The van der Waals surface area contributed by atoms with Gasteiger partial charge in [0.2, 0.25) is 0 Å². The predicted molar refractivity (Wildman–Crippen MR) is 106 cm³/mol. The highest BCUT2D eigenvalue weighted by molar-refractivity contribution is 7.99. The molecular formula is C19H16Cl2N2OS. The van der Waals surface area contributed by atoms with Gasteiger partial charge in [0.1, 0.15) is 5.03 Å². The fourth-order valence-corrected chi connectivity index (χ4v) is 4.42. The molecule has 0 fully saturated rings. The average Bonchev–Trinajstić information content (AvgIpc) is 2.79. The summed E-state index contributed by atoms with van der Waals surface area (Å²) in [6, 6.07) is 15.2. The van der Waals surface area contributed by atoms with Crippen molar-refractivity contribution in [2.75, 3.05) is 0 Å². The van der Waals surface area contributed by atoms with Crippen LogP contribution in [-0.4, -0.2) is 9.13 Å². The van der Waals surface area contributed by atoms with Gasteiger partial charge < -0.3 is 0 Å².